The molecule has 1 saturated heterocycles. The maximum atomic E-state index is 13.9. The molecule has 3 aromatic carbocycles. The largest absolute Gasteiger partial charge is 0.369 e. The summed E-state index contributed by atoms with van der Waals surface area (Å²) in [6.45, 7) is 9.65. The Morgan fingerprint density at radius 1 is 0.955 bits per heavy atom. The fraction of sp³-hybridized carbons (Fsp3) is 0.182. The third kappa shape index (κ3) is 4.82. The van der Waals surface area contributed by atoms with Gasteiger partial charge in [-0.1, -0.05) is 24.8 Å². The predicted octanol–water partition coefficient (Wildman–Crippen LogP) is 4.51. The predicted molar refractivity (Wildman–Crippen MR) is 174 cm³/mol. The second-order valence-corrected chi connectivity index (χ2v) is 11.0. The summed E-state index contributed by atoms with van der Waals surface area (Å²) in [5, 5.41) is 6.49. The van der Waals surface area contributed by atoms with E-state index in [4.69, 9.17) is 9.97 Å². The number of nitrogens with one attached hydrogen (secondary N) is 2. The summed E-state index contributed by atoms with van der Waals surface area (Å²) in [7, 11) is 2.15. The minimum atomic E-state index is -0.327. The molecule has 2 N–H and O–H groups in total. The molecule has 11 heteroatoms. The zero-order valence-corrected chi connectivity index (χ0v) is 24.5. The van der Waals surface area contributed by atoms with Crippen LogP contribution in [0.1, 0.15) is 5.56 Å². The number of benzene rings is 3. The zero-order chi connectivity index (χ0) is 30.4. The van der Waals surface area contributed by atoms with Crippen molar-refractivity contribution in [1.29, 1.82) is 0 Å². The number of anilines is 4. The number of carbonyl (C=O) groups excluding carboxylic acids is 1. The van der Waals surface area contributed by atoms with Crippen molar-refractivity contribution in [2.75, 3.05) is 48.8 Å². The monoisotopic (exact) mass is 585 g/mol. The summed E-state index contributed by atoms with van der Waals surface area (Å²) in [6.07, 6.45) is 2.76. The van der Waals surface area contributed by atoms with Crippen molar-refractivity contribution in [3.8, 4) is 5.69 Å². The van der Waals surface area contributed by atoms with E-state index in [0.717, 1.165) is 37.4 Å². The minimum Gasteiger partial charge on any atom is -0.369 e. The van der Waals surface area contributed by atoms with Gasteiger partial charge in [-0.2, -0.15) is 4.98 Å². The molecule has 1 aliphatic heterocycles. The van der Waals surface area contributed by atoms with Crippen LogP contribution in [0, 0.1) is 6.92 Å². The molecule has 7 rings (SSSR count). The fourth-order valence-corrected chi connectivity index (χ4v) is 5.66. The third-order valence-corrected chi connectivity index (χ3v) is 8.04. The number of para-hydroxylation sites is 2. The second kappa shape index (κ2) is 10.9. The van der Waals surface area contributed by atoms with Gasteiger partial charge < -0.3 is 20.4 Å². The van der Waals surface area contributed by atoms with Gasteiger partial charge in [0.05, 0.1) is 16.7 Å². The normalized spacial score (nSPS) is 13.9. The highest BCUT2D eigenvalue weighted by Crippen LogP contribution is 2.28. The lowest BCUT2D eigenvalue weighted by Gasteiger charge is -2.34. The SMILES string of the molecule is C=CC(=O)Nc1cccc(-n2c3nc(Nc4ccc(N5CCN(C)CC5)cc4C)ncc3c(=O)n3c4ccccc4nc23)c1. The Bertz CT molecular complexity index is 2140. The molecular weight excluding hydrogens is 554 g/mol. The van der Waals surface area contributed by atoms with E-state index in [0.29, 0.717) is 45.2 Å². The topological polar surface area (TPSA) is 113 Å². The molecule has 0 radical (unpaired) electrons. The quantitative estimate of drug-likeness (QED) is 0.275. The molecule has 0 atom stereocenters. The Morgan fingerprint density at radius 2 is 1.77 bits per heavy atom. The van der Waals surface area contributed by atoms with E-state index in [9.17, 15) is 9.59 Å². The van der Waals surface area contributed by atoms with E-state index in [-0.39, 0.29) is 11.5 Å². The molecular formula is C33H31N9O2. The number of rotatable bonds is 6. The Balaban J connectivity index is 1.36. The van der Waals surface area contributed by atoms with Gasteiger partial charge in [0.2, 0.25) is 17.6 Å². The van der Waals surface area contributed by atoms with E-state index in [1.54, 1.807) is 22.7 Å². The summed E-state index contributed by atoms with van der Waals surface area (Å²) < 4.78 is 3.39. The summed E-state index contributed by atoms with van der Waals surface area (Å²) in [5.74, 6) is 0.414. The van der Waals surface area contributed by atoms with E-state index in [2.05, 4.69) is 58.1 Å². The number of amides is 1. The first kappa shape index (κ1) is 27.3. The number of carbonyl (C=O) groups is 1. The molecule has 0 unspecified atom stereocenters. The van der Waals surface area contributed by atoms with Gasteiger partial charge in [0.15, 0.2) is 5.65 Å². The van der Waals surface area contributed by atoms with Crippen molar-refractivity contribution in [1.82, 2.24) is 28.8 Å². The first-order chi connectivity index (χ1) is 21.4. The van der Waals surface area contributed by atoms with Crippen molar-refractivity contribution in [3.63, 3.8) is 0 Å². The number of likely N-dealkylation sites (N-methyl/N-ethyl adjacent to an activating group) is 1. The molecule has 0 saturated carbocycles. The summed E-state index contributed by atoms with van der Waals surface area (Å²) in [4.78, 5) is 44.9. The molecule has 44 heavy (non-hydrogen) atoms. The molecule has 0 bridgehead atoms. The number of aryl methyl sites for hydroxylation is 1. The number of imidazole rings is 1. The van der Waals surface area contributed by atoms with Crippen molar-refractivity contribution < 1.29 is 4.79 Å². The van der Waals surface area contributed by atoms with Crippen LogP contribution in [0.3, 0.4) is 0 Å². The van der Waals surface area contributed by atoms with Crippen LogP contribution in [0.4, 0.5) is 23.0 Å². The molecule has 1 fully saturated rings. The Labute approximate surface area is 253 Å². The van der Waals surface area contributed by atoms with Gasteiger partial charge in [-0.25, -0.2) is 14.4 Å². The van der Waals surface area contributed by atoms with Crippen LogP contribution in [0.5, 0.6) is 0 Å². The van der Waals surface area contributed by atoms with Gasteiger partial charge in [-0.15, -0.1) is 0 Å². The summed E-state index contributed by atoms with van der Waals surface area (Å²) in [6, 6.07) is 21.1. The summed E-state index contributed by atoms with van der Waals surface area (Å²) >= 11 is 0. The number of nitrogens with zero attached hydrogens (tertiary/aromatic N) is 7. The standard InChI is InChI=1S/C33H31N9O2/c1-4-29(43)35-22-8-7-9-24(19-22)41-30-25(31(44)42-28-11-6-5-10-27(28)37-33(41)42)20-34-32(38-30)36-26-13-12-23(18-21(26)2)40-16-14-39(3)15-17-40/h4-13,18-20H,1,14-17H2,2-3H3,(H,35,43)(H,34,36,38). The van der Waals surface area contributed by atoms with Gasteiger partial charge in [0.1, 0.15) is 5.39 Å². The number of hydrogen-bond acceptors (Lipinski definition) is 8. The van der Waals surface area contributed by atoms with E-state index >= 15 is 0 Å². The number of piperazine rings is 1. The van der Waals surface area contributed by atoms with E-state index in [1.165, 1.54) is 11.8 Å². The van der Waals surface area contributed by atoms with Crippen LogP contribution in [-0.2, 0) is 4.79 Å². The van der Waals surface area contributed by atoms with Crippen molar-refractivity contribution >= 4 is 56.8 Å². The minimum absolute atomic E-state index is 0.268. The smallest absolute Gasteiger partial charge is 0.270 e. The molecule has 0 spiro atoms. The molecule has 11 nitrogen and oxygen atoms in total. The van der Waals surface area contributed by atoms with Crippen LogP contribution in [0.25, 0.3) is 33.5 Å². The lowest BCUT2D eigenvalue weighted by Crippen LogP contribution is -2.44. The van der Waals surface area contributed by atoms with Crippen molar-refractivity contribution in [2.24, 2.45) is 0 Å². The van der Waals surface area contributed by atoms with Crippen LogP contribution >= 0.6 is 0 Å². The molecule has 0 aliphatic carbocycles. The number of fused-ring (bicyclic) bond motifs is 4. The first-order valence-corrected chi connectivity index (χ1v) is 14.4. The maximum Gasteiger partial charge on any atom is 0.270 e. The maximum absolute atomic E-state index is 13.9. The van der Waals surface area contributed by atoms with Gasteiger partial charge in [0.25, 0.3) is 5.56 Å². The lowest BCUT2D eigenvalue weighted by molar-refractivity contribution is -0.111. The molecule has 6 aromatic rings. The van der Waals surface area contributed by atoms with Gasteiger partial charge in [0, 0.05) is 49.4 Å². The highest BCUT2D eigenvalue weighted by atomic mass is 16.1. The molecule has 3 aromatic heterocycles. The van der Waals surface area contributed by atoms with Crippen LogP contribution in [0.15, 0.2) is 90.4 Å². The van der Waals surface area contributed by atoms with E-state index < -0.39 is 0 Å². The Hall–Kier alpha value is -5.55. The number of aromatic nitrogens is 5. The first-order valence-electron chi connectivity index (χ1n) is 14.4. The van der Waals surface area contributed by atoms with Gasteiger partial charge >= 0.3 is 0 Å². The second-order valence-electron chi connectivity index (χ2n) is 11.0. The Morgan fingerprint density at radius 3 is 2.57 bits per heavy atom. The average Bonchev–Trinajstić information content (AvgIpc) is 3.42. The average molecular weight is 586 g/mol. The van der Waals surface area contributed by atoms with Gasteiger partial charge in [-0.3, -0.25) is 14.2 Å². The molecule has 220 valence electrons. The fourth-order valence-electron chi connectivity index (χ4n) is 5.66. The highest BCUT2D eigenvalue weighted by Gasteiger charge is 2.20. The highest BCUT2D eigenvalue weighted by molar-refractivity contribution is 5.99. The molecule has 1 aliphatic rings. The zero-order valence-electron chi connectivity index (χ0n) is 24.5. The van der Waals surface area contributed by atoms with Crippen LogP contribution in [-0.4, -0.2) is 68.0 Å². The van der Waals surface area contributed by atoms with E-state index in [1.807, 2.05) is 47.0 Å². The summed E-state index contributed by atoms with van der Waals surface area (Å²) in [5.41, 5.74) is 5.81. The van der Waals surface area contributed by atoms with Gasteiger partial charge in [-0.05, 0) is 74.1 Å². The van der Waals surface area contributed by atoms with Crippen LogP contribution in [0.2, 0.25) is 0 Å². The lowest BCUT2D eigenvalue weighted by atomic mass is 10.1. The molecule has 4 heterocycles. The number of hydrogen-bond donors (Lipinski definition) is 2. The third-order valence-electron chi connectivity index (χ3n) is 8.04. The van der Waals surface area contributed by atoms with Crippen LogP contribution < -0.4 is 21.1 Å². The molecule has 1 amide bonds. The van der Waals surface area contributed by atoms with Crippen molar-refractivity contribution in [2.45, 2.75) is 6.92 Å². The van der Waals surface area contributed by atoms with Crippen molar-refractivity contribution in [3.05, 3.63) is 101 Å². The Kier molecular flexibility index (Phi) is 6.78.